The maximum atomic E-state index is 12.2. The van der Waals surface area contributed by atoms with Crippen LogP contribution in [0.3, 0.4) is 0 Å². The minimum Gasteiger partial charge on any atom is -0.478 e. The van der Waals surface area contributed by atoms with Crippen molar-refractivity contribution < 1.29 is 19.5 Å². The number of benzene rings is 2. The number of amides is 1. The molecule has 0 heterocycles. The van der Waals surface area contributed by atoms with E-state index in [1.165, 1.54) is 31.2 Å². The van der Waals surface area contributed by atoms with Gasteiger partial charge < -0.3 is 10.4 Å². The number of carbonyl (C=O) groups excluding carboxylic acids is 2. The first-order valence-electron chi connectivity index (χ1n) is 6.23. The summed E-state index contributed by atoms with van der Waals surface area (Å²) >= 11 is 0. The van der Waals surface area contributed by atoms with Crippen molar-refractivity contribution in [1.29, 1.82) is 0 Å². The van der Waals surface area contributed by atoms with Crippen LogP contribution in [0.15, 0.2) is 48.5 Å². The van der Waals surface area contributed by atoms with Crippen LogP contribution in [-0.4, -0.2) is 22.8 Å². The minimum atomic E-state index is -1.03. The molecule has 0 fully saturated rings. The number of Topliss-reactive ketones (excluding diaryl/α,β-unsaturated/α-hetero) is 1. The largest absolute Gasteiger partial charge is 0.478 e. The average molecular weight is 283 g/mol. The molecular formula is C16H13NO4. The molecule has 5 nitrogen and oxygen atoms in total. The van der Waals surface area contributed by atoms with Gasteiger partial charge in [-0.3, -0.25) is 9.59 Å². The van der Waals surface area contributed by atoms with Crippen molar-refractivity contribution in [2.24, 2.45) is 0 Å². The molecule has 0 atom stereocenters. The summed E-state index contributed by atoms with van der Waals surface area (Å²) in [5.41, 5.74) is 1.23. The summed E-state index contributed by atoms with van der Waals surface area (Å²) in [7, 11) is 0. The van der Waals surface area contributed by atoms with Crippen LogP contribution in [0.4, 0.5) is 5.69 Å². The molecule has 106 valence electrons. The Bertz CT molecular complexity index is 704. The number of carboxylic acids is 1. The number of rotatable bonds is 4. The van der Waals surface area contributed by atoms with Crippen LogP contribution in [0.2, 0.25) is 0 Å². The second-order valence-corrected chi connectivity index (χ2v) is 4.44. The molecule has 0 unspecified atom stereocenters. The van der Waals surface area contributed by atoms with Gasteiger partial charge in [0.2, 0.25) is 0 Å². The third-order valence-corrected chi connectivity index (χ3v) is 2.94. The molecule has 0 saturated heterocycles. The van der Waals surface area contributed by atoms with Gasteiger partial charge >= 0.3 is 5.97 Å². The molecule has 2 N–H and O–H groups in total. The van der Waals surface area contributed by atoms with Crippen LogP contribution in [0.1, 0.15) is 38.0 Å². The van der Waals surface area contributed by atoms with Gasteiger partial charge in [-0.1, -0.05) is 18.2 Å². The second-order valence-electron chi connectivity index (χ2n) is 4.44. The summed E-state index contributed by atoms with van der Waals surface area (Å²) in [6.07, 6.45) is 0. The van der Waals surface area contributed by atoms with Crippen molar-refractivity contribution in [2.45, 2.75) is 6.92 Å². The van der Waals surface area contributed by atoms with Crippen molar-refractivity contribution >= 4 is 23.3 Å². The molecule has 5 heteroatoms. The van der Waals surface area contributed by atoms with Crippen LogP contribution in [0.5, 0.6) is 0 Å². The lowest BCUT2D eigenvalue weighted by molar-refractivity contribution is 0.0696. The molecular weight excluding hydrogens is 270 g/mol. The first-order chi connectivity index (χ1) is 9.99. The first kappa shape index (κ1) is 14.5. The Balaban J connectivity index is 2.22. The third kappa shape index (κ3) is 3.33. The zero-order valence-electron chi connectivity index (χ0n) is 11.3. The van der Waals surface area contributed by atoms with Gasteiger partial charge in [0.1, 0.15) is 0 Å². The fraction of sp³-hybridized carbons (Fsp3) is 0.0625. The Morgan fingerprint density at radius 3 is 2.00 bits per heavy atom. The van der Waals surface area contributed by atoms with Crippen molar-refractivity contribution in [3.8, 4) is 0 Å². The first-order valence-corrected chi connectivity index (χ1v) is 6.23. The maximum Gasteiger partial charge on any atom is 0.335 e. The zero-order valence-corrected chi connectivity index (χ0v) is 11.3. The molecule has 0 aromatic heterocycles. The van der Waals surface area contributed by atoms with Gasteiger partial charge in [0, 0.05) is 11.3 Å². The van der Waals surface area contributed by atoms with E-state index in [9.17, 15) is 14.4 Å². The highest BCUT2D eigenvalue weighted by atomic mass is 16.4. The highest BCUT2D eigenvalue weighted by Crippen LogP contribution is 2.14. The van der Waals surface area contributed by atoms with Crippen molar-refractivity contribution in [3.05, 3.63) is 65.2 Å². The van der Waals surface area contributed by atoms with E-state index in [0.717, 1.165) is 0 Å². The van der Waals surface area contributed by atoms with E-state index >= 15 is 0 Å². The molecule has 0 radical (unpaired) electrons. The zero-order chi connectivity index (χ0) is 15.4. The van der Waals surface area contributed by atoms with Gasteiger partial charge in [-0.25, -0.2) is 4.79 Å². The number of nitrogens with one attached hydrogen (secondary N) is 1. The SMILES string of the molecule is CC(=O)c1ccccc1C(=O)Nc1ccc(C(=O)O)cc1. The van der Waals surface area contributed by atoms with Crippen LogP contribution in [0, 0.1) is 0 Å². The fourth-order valence-electron chi connectivity index (χ4n) is 1.88. The molecule has 0 aliphatic carbocycles. The standard InChI is InChI=1S/C16H13NO4/c1-10(18)13-4-2-3-5-14(13)15(19)17-12-8-6-11(7-9-12)16(20)21/h2-9H,1H3,(H,17,19)(H,20,21). The topological polar surface area (TPSA) is 83.5 Å². The van der Waals surface area contributed by atoms with E-state index in [0.29, 0.717) is 11.3 Å². The van der Waals surface area contributed by atoms with E-state index in [2.05, 4.69) is 5.32 Å². The van der Waals surface area contributed by atoms with Crippen molar-refractivity contribution in [3.63, 3.8) is 0 Å². The summed E-state index contributed by atoms with van der Waals surface area (Å²) < 4.78 is 0. The number of ketones is 1. The lowest BCUT2D eigenvalue weighted by atomic mass is 10.0. The summed E-state index contributed by atoms with van der Waals surface area (Å²) in [6.45, 7) is 1.40. The van der Waals surface area contributed by atoms with Crippen LogP contribution in [-0.2, 0) is 0 Å². The fourth-order valence-corrected chi connectivity index (χ4v) is 1.88. The third-order valence-electron chi connectivity index (χ3n) is 2.94. The molecule has 2 aromatic carbocycles. The van der Waals surface area contributed by atoms with Crippen LogP contribution >= 0.6 is 0 Å². The molecule has 0 bridgehead atoms. The second kappa shape index (κ2) is 6.00. The Kier molecular flexibility index (Phi) is 4.13. The van der Waals surface area contributed by atoms with Gasteiger partial charge in [0.25, 0.3) is 5.91 Å². The monoisotopic (exact) mass is 283 g/mol. The molecule has 21 heavy (non-hydrogen) atoms. The van der Waals surface area contributed by atoms with Crippen LogP contribution in [0.25, 0.3) is 0 Å². The predicted octanol–water partition coefficient (Wildman–Crippen LogP) is 2.84. The van der Waals surface area contributed by atoms with Gasteiger partial charge in [0.05, 0.1) is 11.1 Å². The van der Waals surface area contributed by atoms with E-state index in [1.807, 2.05) is 0 Å². The van der Waals surface area contributed by atoms with Gasteiger partial charge in [-0.05, 0) is 37.3 Å². The van der Waals surface area contributed by atoms with E-state index < -0.39 is 11.9 Å². The number of hydrogen-bond donors (Lipinski definition) is 2. The summed E-state index contributed by atoms with van der Waals surface area (Å²) in [4.78, 5) is 34.4. The Hall–Kier alpha value is -2.95. The van der Waals surface area contributed by atoms with Crippen molar-refractivity contribution in [2.75, 3.05) is 5.32 Å². The number of anilines is 1. The Labute approximate surface area is 121 Å². The summed E-state index contributed by atoms with van der Waals surface area (Å²) in [5, 5.41) is 11.4. The highest BCUT2D eigenvalue weighted by Gasteiger charge is 2.14. The van der Waals surface area contributed by atoms with E-state index in [1.54, 1.807) is 24.3 Å². The molecule has 1 amide bonds. The van der Waals surface area contributed by atoms with E-state index in [4.69, 9.17) is 5.11 Å². The quantitative estimate of drug-likeness (QED) is 0.845. The summed E-state index contributed by atoms with van der Waals surface area (Å²) in [6, 6.07) is 12.3. The lowest BCUT2D eigenvalue weighted by Gasteiger charge is -2.08. The van der Waals surface area contributed by atoms with Gasteiger partial charge in [0.15, 0.2) is 5.78 Å². The van der Waals surface area contributed by atoms with Gasteiger partial charge in [-0.2, -0.15) is 0 Å². The van der Waals surface area contributed by atoms with E-state index in [-0.39, 0.29) is 16.9 Å². The average Bonchev–Trinajstić information content (AvgIpc) is 2.47. The Morgan fingerprint density at radius 2 is 1.48 bits per heavy atom. The number of hydrogen-bond acceptors (Lipinski definition) is 3. The van der Waals surface area contributed by atoms with Crippen molar-refractivity contribution in [1.82, 2.24) is 0 Å². The lowest BCUT2D eigenvalue weighted by Crippen LogP contribution is -2.15. The number of aromatic carboxylic acids is 1. The molecule has 0 spiro atoms. The van der Waals surface area contributed by atoms with Gasteiger partial charge in [-0.15, -0.1) is 0 Å². The number of carboxylic acid groups (broad SMARTS) is 1. The number of carbonyl (C=O) groups is 3. The molecule has 2 aromatic rings. The smallest absolute Gasteiger partial charge is 0.335 e. The molecule has 2 rings (SSSR count). The summed E-state index contributed by atoms with van der Waals surface area (Å²) in [5.74, 6) is -1.64. The highest BCUT2D eigenvalue weighted by molar-refractivity contribution is 6.12. The molecule has 0 aliphatic heterocycles. The minimum absolute atomic E-state index is 0.136. The normalized spacial score (nSPS) is 9.95. The molecule has 0 aliphatic rings. The predicted molar refractivity (Wildman–Crippen MR) is 77.8 cm³/mol. The maximum absolute atomic E-state index is 12.2. The molecule has 0 saturated carbocycles. The Morgan fingerprint density at radius 1 is 0.905 bits per heavy atom. The van der Waals surface area contributed by atoms with Crippen LogP contribution < -0.4 is 5.32 Å².